The number of halogens is 1. The highest BCUT2D eigenvalue weighted by Gasteiger charge is 2.05. The molecule has 4 nitrogen and oxygen atoms in total. The molecule has 2 heterocycles. The fourth-order valence-electron chi connectivity index (χ4n) is 1.60. The number of fused-ring (bicyclic) bond motifs is 1. The summed E-state index contributed by atoms with van der Waals surface area (Å²) in [7, 11) is 0. The number of rotatable bonds is 3. The summed E-state index contributed by atoms with van der Waals surface area (Å²) < 4.78 is 20.6. The fourth-order valence-corrected chi connectivity index (χ4v) is 2.32. The van der Waals surface area contributed by atoms with Gasteiger partial charge in [-0.1, -0.05) is 0 Å². The Balaban J connectivity index is 1.73. The summed E-state index contributed by atoms with van der Waals surface area (Å²) in [5.41, 5.74) is 6.31. The number of benzene rings is 1. The van der Waals surface area contributed by atoms with Crippen molar-refractivity contribution >= 4 is 22.0 Å². The van der Waals surface area contributed by atoms with E-state index in [0.29, 0.717) is 12.4 Å². The number of hydrogen-bond acceptors (Lipinski definition) is 4. The molecule has 0 radical (unpaired) electrons. The van der Waals surface area contributed by atoms with Gasteiger partial charge in [-0.2, -0.15) is 0 Å². The zero-order chi connectivity index (χ0) is 12.5. The van der Waals surface area contributed by atoms with Gasteiger partial charge in [0.2, 0.25) is 0 Å². The van der Waals surface area contributed by atoms with E-state index in [1.54, 1.807) is 17.4 Å². The molecule has 2 aromatic heterocycles. The first-order chi connectivity index (χ1) is 8.72. The van der Waals surface area contributed by atoms with Gasteiger partial charge >= 0.3 is 0 Å². The summed E-state index contributed by atoms with van der Waals surface area (Å²) in [6.07, 6.45) is 3.82. The molecule has 0 amide bonds. The Kier molecular flexibility index (Phi) is 2.64. The maximum absolute atomic E-state index is 13.2. The lowest BCUT2D eigenvalue weighted by molar-refractivity contribution is 0.300. The Bertz CT molecular complexity index is 663. The predicted octanol–water partition coefficient (Wildman–Crippen LogP) is 2.70. The van der Waals surface area contributed by atoms with Crippen LogP contribution >= 0.6 is 11.3 Å². The van der Waals surface area contributed by atoms with Crippen LogP contribution in [0, 0.1) is 5.82 Å². The van der Waals surface area contributed by atoms with Crippen LogP contribution in [0.1, 0.15) is 5.69 Å². The molecule has 3 aromatic rings. The molecule has 0 fully saturated rings. The maximum Gasteiger partial charge on any atom is 0.193 e. The van der Waals surface area contributed by atoms with Gasteiger partial charge in [-0.25, -0.2) is 9.37 Å². The predicted molar refractivity (Wildman–Crippen MR) is 68.2 cm³/mol. The molecule has 0 saturated carbocycles. The Hall–Kier alpha value is -2.08. The maximum atomic E-state index is 13.2. The molecule has 3 rings (SSSR count). The zero-order valence-electron chi connectivity index (χ0n) is 9.34. The molecule has 0 aliphatic heterocycles. The van der Waals surface area contributed by atoms with E-state index in [1.807, 2.05) is 22.2 Å². The summed E-state index contributed by atoms with van der Waals surface area (Å²) in [5.74, 6) is -0.0311. The van der Waals surface area contributed by atoms with Crippen LogP contribution in [-0.4, -0.2) is 9.38 Å². The number of hydrogen-bond donors (Lipinski definition) is 1. The third-order valence-corrected chi connectivity index (χ3v) is 3.27. The second-order valence-electron chi connectivity index (χ2n) is 3.80. The molecular formula is C12H10FN3OS. The molecule has 0 spiro atoms. The van der Waals surface area contributed by atoms with Crippen molar-refractivity contribution in [3.05, 3.63) is 47.5 Å². The highest BCUT2D eigenvalue weighted by atomic mass is 32.1. The summed E-state index contributed by atoms with van der Waals surface area (Å²) >= 11 is 1.55. The molecule has 0 unspecified atom stereocenters. The SMILES string of the molecule is Nc1ccc(OCc2cn3ccsc3n2)cc1F. The van der Waals surface area contributed by atoms with Crippen molar-refractivity contribution in [2.45, 2.75) is 6.61 Å². The average Bonchev–Trinajstić information content (AvgIpc) is 2.91. The van der Waals surface area contributed by atoms with Crippen LogP contribution in [0.2, 0.25) is 0 Å². The van der Waals surface area contributed by atoms with Crippen molar-refractivity contribution in [1.82, 2.24) is 9.38 Å². The average molecular weight is 263 g/mol. The third kappa shape index (κ3) is 2.02. The molecule has 2 N–H and O–H groups in total. The number of nitrogen functional groups attached to an aromatic ring is 1. The van der Waals surface area contributed by atoms with Crippen molar-refractivity contribution in [3.8, 4) is 5.75 Å². The monoisotopic (exact) mass is 263 g/mol. The van der Waals surface area contributed by atoms with Gasteiger partial charge in [-0.05, 0) is 12.1 Å². The Labute approximate surface area is 106 Å². The lowest BCUT2D eigenvalue weighted by atomic mass is 10.3. The first-order valence-electron chi connectivity index (χ1n) is 5.31. The van der Waals surface area contributed by atoms with Gasteiger partial charge in [0.05, 0.1) is 11.4 Å². The normalized spacial score (nSPS) is 10.9. The van der Waals surface area contributed by atoms with Crippen molar-refractivity contribution in [2.75, 3.05) is 5.73 Å². The molecule has 92 valence electrons. The summed E-state index contributed by atoms with van der Waals surface area (Å²) in [6, 6.07) is 4.39. The Morgan fingerprint density at radius 2 is 2.33 bits per heavy atom. The number of aromatic nitrogens is 2. The molecule has 0 bridgehead atoms. The van der Waals surface area contributed by atoms with Crippen molar-refractivity contribution in [2.24, 2.45) is 0 Å². The van der Waals surface area contributed by atoms with Crippen LogP contribution < -0.4 is 10.5 Å². The minimum absolute atomic E-state index is 0.116. The van der Waals surface area contributed by atoms with Gasteiger partial charge in [0.25, 0.3) is 0 Å². The first-order valence-corrected chi connectivity index (χ1v) is 6.19. The molecule has 0 aliphatic carbocycles. The van der Waals surface area contributed by atoms with Crippen molar-refractivity contribution in [3.63, 3.8) is 0 Å². The second-order valence-corrected chi connectivity index (χ2v) is 4.67. The molecule has 0 saturated heterocycles. The van der Waals surface area contributed by atoms with Gasteiger partial charge in [-0.15, -0.1) is 11.3 Å². The van der Waals surface area contributed by atoms with Crippen LogP contribution in [-0.2, 0) is 6.61 Å². The topological polar surface area (TPSA) is 52.5 Å². The molecule has 6 heteroatoms. The standard InChI is InChI=1S/C12H10FN3OS/c13-10-5-9(1-2-11(10)14)17-7-8-6-16-3-4-18-12(16)15-8/h1-6H,7,14H2. The number of imidazole rings is 1. The van der Waals surface area contributed by atoms with E-state index in [0.717, 1.165) is 10.7 Å². The van der Waals surface area contributed by atoms with Gasteiger partial charge < -0.3 is 10.5 Å². The number of ether oxygens (including phenoxy) is 1. The zero-order valence-corrected chi connectivity index (χ0v) is 10.2. The lowest BCUT2D eigenvalue weighted by Gasteiger charge is -2.04. The van der Waals surface area contributed by atoms with E-state index in [4.69, 9.17) is 10.5 Å². The van der Waals surface area contributed by atoms with E-state index in [9.17, 15) is 4.39 Å². The quantitative estimate of drug-likeness (QED) is 0.739. The van der Waals surface area contributed by atoms with Crippen molar-refractivity contribution < 1.29 is 9.13 Å². The van der Waals surface area contributed by atoms with Crippen LogP contribution in [0.3, 0.4) is 0 Å². The van der Waals surface area contributed by atoms with E-state index < -0.39 is 5.82 Å². The smallest absolute Gasteiger partial charge is 0.193 e. The summed E-state index contributed by atoms with van der Waals surface area (Å²) in [6.45, 7) is 0.303. The minimum Gasteiger partial charge on any atom is -0.487 e. The van der Waals surface area contributed by atoms with Crippen LogP contribution in [0.5, 0.6) is 5.75 Å². The van der Waals surface area contributed by atoms with Gasteiger partial charge in [0.15, 0.2) is 4.96 Å². The molecular weight excluding hydrogens is 253 g/mol. The van der Waals surface area contributed by atoms with E-state index in [1.165, 1.54) is 12.1 Å². The lowest BCUT2D eigenvalue weighted by Crippen LogP contribution is -1.97. The first kappa shape index (κ1) is 11.0. The number of thiazole rings is 1. The number of nitrogens with two attached hydrogens (primary N) is 1. The second kappa shape index (κ2) is 4.30. The van der Waals surface area contributed by atoms with E-state index in [-0.39, 0.29) is 5.69 Å². The molecule has 0 aliphatic rings. The van der Waals surface area contributed by atoms with Gasteiger partial charge in [0.1, 0.15) is 18.2 Å². The Morgan fingerprint density at radius 1 is 1.44 bits per heavy atom. The largest absolute Gasteiger partial charge is 0.487 e. The summed E-state index contributed by atoms with van der Waals surface area (Å²) in [5, 5.41) is 1.96. The summed E-state index contributed by atoms with van der Waals surface area (Å²) in [4.78, 5) is 5.28. The number of anilines is 1. The van der Waals surface area contributed by atoms with E-state index in [2.05, 4.69) is 4.98 Å². The van der Waals surface area contributed by atoms with Crippen molar-refractivity contribution in [1.29, 1.82) is 0 Å². The minimum atomic E-state index is -0.474. The van der Waals surface area contributed by atoms with Crippen LogP contribution in [0.4, 0.5) is 10.1 Å². The number of nitrogens with zero attached hydrogens (tertiary/aromatic N) is 2. The molecule has 1 aromatic carbocycles. The highest BCUT2D eigenvalue weighted by molar-refractivity contribution is 7.15. The van der Waals surface area contributed by atoms with Crippen LogP contribution in [0.15, 0.2) is 36.0 Å². The fraction of sp³-hybridized carbons (Fsp3) is 0.0833. The third-order valence-electron chi connectivity index (χ3n) is 2.50. The molecule has 18 heavy (non-hydrogen) atoms. The highest BCUT2D eigenvalue weighted by Crippen LogP contribution is 2.19. The van der Waals surface area contributed by atoms with Gasteiger partial charge in [-0.3, -0.25) is 4.40 Å². The van der Waals surface area contributed by atoms with Gasteiger partial charge in [0, 0.05) is 23.8 Å². The van der Waals surface area contributed by atoms with E-state index >= 15 is 0 Å². The van der Waals surface area contributed by atoms with Crippen LogP contribution in [0.25, 0.3) is 4.96 Å². The molecule has 0 atom stereocenters. The Morgan fingerprint density at radius 3 is 3.11 bits per heavy atom.